The highest BCUT2D eigenvalue weighted by Crippen LogP contribution is 2.29. The van der Waals surface area contributed by atoms with Gasteiger partial charge in [-0.3, -0.25) is 9.59 Å². The fourth-order valence-corrected chi connectivity index (χ4v) is 2.81. The van der Waals surface area contributed by atoms with E-state index in [-0.39, 0.29) is 24.3 Å². The highest BCUT2D eigenvalue weighted by molar-refractivity contribution is 9.10. The number of amides is 2. The summed E-state index contributed by atoms with van der Waals surface area (Å²) in [5.74, 6) is 0.569. The molecule has 26 heavy (non-hydrogen) atoms. The van der Waals surface area contributed by atoms with Gasteiger partial charge in [-0.05, 0) is 47.9 Å². The van der Waals surface area contributed by atoms with E-state index in [2.05, 4.69) is 35.1 Å². The minimum atomic E-state index is -0.280. The summed E-state index contributed by atoms with van der Waals surface area (Å²) in [5, 5.41) is 2.76. The van der Waals surface area contributed by atoms with Gasteiger partial charge in [-0.25, -0.2) is 0 Å². The molecule has 0 fully saturated rings. The second-order valence-corrected chi connectivity index (χ2v) is 7.37. The van der Waals surface area contributed by atoms with E-state index in [9.17, 15) is 9.59 Å². The predicted octanol–water partition coefficient (Wildman–Crippen LogP) is 4.29. The molecule has 2 rings (SSSR count). The molecule has 0 aliphatic heterocycles. The number of hydrogen-bond donors (Lipinski definition) is 1. The van der Waals surface area contributed by atoms with E-state index in [1.807, 2.05) is 18.2 Å². The minimum absolute atomic E-state index is 0.104. The highest BCUT2D eigenvalue weighted by Gasteiger charge is 2.12. The van der Waals surface area contributed by atoms with Crippen LogP contribution in [0.2, 0.25) is 0 Å². The van der Waals surface area contributed by atoms with Crippen molar-refractivity contribution in [2.75, 3.05) is 26.0 Å². The number of carbonyl (C=O) groups is 2. The molecule has 0 aliphatic carbocycles. The quantitative estimate of drug-likeness (QED) is 0.760. The summed E-state index contributed by atoms with van der Waals surface area (Å²) in [5.41, 5.74) is 2.11. The van der Waals surface area contributed by atoms with Gasteiger partial charge in [0.25, 0.3) is 11.8 Å². The molecule has 2 amide bonds. The topological polar surface area (TPSA) is 58.6 Å². The Morgan fingerprint density at radius 2 is 1.88 bits per heavy atom. The zero-order chi connectivity index (χ0) is 19.3. The zero-order valence-electron chi connectivity index (χ0n) is 15.4. The van der Waals surface area contributed by atoms with Crippen molar-refractivity contribution in [2.24, 2.45) is 0 Å². The molecule has 5 nitrogen and oxygen atoms in total. The van der Waals surface area contributed by atoms with E-state index in [4.69, 9.17) is 4.74 Å². The second kappa shape index (κ2) is 8.85. The lowest BCUT2D eigenvalue weighted by Crippen LogP contribution is -2.23. The summed E-state index contributed by atoms with van der Waals surface area (Å²) in [6, 6.07) is 12.6. The molecule has 0 saturated heterocycles. The average Bonchev–Trinajstić information content (AvgIpc) is 2.60. The number of nitrogens with one attached hydrogen (secondary N) is 1. The van der Waals surface area contributed by atoms with Crippen LogP contribution in [0.25, 0.3) is 0 Å². The molecule has 0 heterocycles. The standard InChI is InChI=1S/C20H23BrN2O3/c1-13(2)17-11-15(21)8-9-18(17)26-12-19(24)22-16-7-5-6-14(10-16)20(25)23(3)4/h5-11,13H,12H2,1-4H3,(H,22,24). The lowest BCUT2D eigenvalue weighted by molar-refractivity contribution is -0.118. The van der Waals surface area contributed by atoms with Crippen LogP contribution in [0.1, 0.15) is 35.7 Å². The Bertz CT molecular complexity index is 803. The summed E-state index contributed by atoms with van der Waals surface area (Å²) >= 11 is 3.45. The Morgan fingerprint density at radius 3 is 2.54 bits per heavy atom. The van der Waals surface area contributed by atoms with Gasteiger partial charge in [-0.15, -0.1) is 0 Å². The van der Waals surface area contributed by atoms with Crippen LogP contribution in [-0.2, 0) is 4.79 Å². The molecule has 2 aromatic carbocycles. The van der Waals surface area contributed by atoms with Crippen LogP contribution in [0.4, 0.5) is 5.69 Å². The van der Waals surface area contributed by atoms with E-state index >= 15 is 0 Å². The maximum Gasteiger partial charge on any atom is 0.262 e. The van der Waals surface area contributed by atoms with Gasteiger partial charge in [0.1, 0.15) is 5.75 Å². The van der Waals surface area contributed by atoms with Crippen molar-refractivity contribution in [3.8, 4) is 5.75 Å². The summed E-state index contributed by atoms with van der Waals surface area (Å²) in [4.78, 5) is 25.7. The maximum atomic E-state index is 12.2. The number of halogens is 1. The number of nitrogens with zero attached hydrogens (tertiary/aromatic N) is 1. The van der Waals surface area contributed by atoms with Crippen molar-refractivity contribution >= 4 is 33.4 Å². The SMILES string of the molecule is CC(C)c1cc(Br)ccc1OCC(=O)Nc1cccc(C(=O)N(C)C)c1. The first-order valence-corrected chi connectivity index (χ1v) is 9.11. The summed E-state index contributed by atoms with van der Waals surface area (Å²) in [7, 11) is 3.37. The third kappa shape index (κ3) is 5.33. The van der Waals surface area contributed by atoms with Crippen molar-refractivity contribution in [1.29, 1.82) is 0 Å². The van der Waals surface area contributed by atoms with Gasteiger partial charge in [-0.1, -0.05) is 35.8 Å². The molecule has 6 heteroatoms. The molecule has 0 unspecified atom stereocenters. The van der Waals surface area contributed by atoms with E-state index in [1.54, 1.807) is 38.4 Å². The molecule has 2 aromatic rings. The Hall–Kier alpha value is -2.34. The van der Waals surface area contributed by atoms with Crippen LogP contribution in [-0.4, -0.2) is 37.4 Å². The maximum absolute atomic E-state index is 12.2. The van der Waals surface area contributed by atoms with Crippen LogP contribution >= 0.6 is 15.9 Å². The van der Waals surface area contributed by atoms with Crippen LogP contribution < -0.4 is 10.1 Å². The number of rotatable bonds is 6. The Balaban J connectivity index is 2.02. The number of carbonyl (C=O) groups excluding carboxylic acids is 2. The molecule has 0 radical (unpaired) electrons. The first-order chi connectivity index (χ1) is 12.3. The Labute approximate surface area is 162 Å². The summed E-state index contributed by atoms with van der Waals surface area (Å²) in [6.07, 6.45) is 0. The van der Waals surface area contributed by atoms with E-state index < -0.39 is 0 Å². The zero-order valence-corrected chi connectivity index (χ0v) is 17.0. The smallest absolute Gasteiger partial charge is 0.262 e. The molecule has 0 aliphatic rings. The van der Waals surface area contributed by atoms with Crippen molar-refractivity contribution in [2.45, 2.75) is 19.8 Å². The van der Waals surface area contributed by atoms with Gasteiger partial charge in [0.2, 0.25) is 0 Å². The van der Waals surface area contributed by atoms with Crippen LogP contribution in [0.15, 0.2) is 46.9 Å². The molecule has 0 atom stereocenters. The van der Waals surface area contributed by atoms with E-state index in [0.29, 0.717) is 17.0 Å². The van der Waals surface area contributed by atoms with E-state index in [0.717, 1.165) is 10.0 Å². The van der Waals surface area contributed by atoms with Gasteiger partial charge in [-0.2, -0.15) is 0 Å². The third-order valence-corrected chi connectivity index (χ3v) is 4.25. The number of benzene rings is 2. The second-order valence-electron chi connectivity index (χ2n) is 6.45. The molecule has 138 valence electrons. The number of ether oxygens (including phenoxy) is 1. The predicted molar refractivity (Wildman–Crippen MR) is 107 cm³/mol. The average molecular weight is 419 g/mol. The van der Waals surface area contributed by atoms with Gasteiger partial charge in [0, 0.05) is 29.8 Å². The van der Waals surface area contributed by atoms with Crippen molar-refractivity contribution in [3.63, 3.8) is 0 Å². The van der Waals surface area contributed by atoms with Gasteiger partial charge in [0.15, 0.2) is 6.61 Å². The van der Waals surface area contributed by atoms with Gasteiger partial charge >= 0.3 is 0 Å². The summed E-state index contributed by atoms with van der Waals surface area (Å²) < 4.78 is 6.67. The third-order valence-electron chi connectivity index (χ3n) is 3.75. The number of hydrogen-bond acceptors (Lipinski definition) is 3. The van der Waals surface area contributed by atoms with Gasteiger partial charge < -0.3 is 15.0 Å². The Kier molecular flexibility index (Phi) is 6.80. The molecule has 0 saturated carbocycles. The number of anilines is 1. The van der Waals surface area contributed by atoms with Crippen molar-refractivity contribution in [3.05, 3.63) is 58.1 Å². The minimum Gasteiger partial charge on any atom is -0.483 e. The fraction of sp³-hybridized carbons (Fsp3) is 0.300. The monoisotopic (exact) mass is 418 g/mol. The molecular weight excluding hydrogens is 396 g/mol. The normalized spacial score (nSPS) is 10.5. The molecule has 0 aromatic heterocycles. The lowest BCUT2D eigenvalue weighted by atomic mass is 10.0. The largest absolute Gasteiger partial charge is 0.483 e. The molecule has 0 bridgehead atoms. The highest BCUT2D eigenvalue weighted by atomic mass is 79.9. The fourth-order valence-electron chi connectivity index (χ4n) is 2.43. The van der Waals surface area contributed by atoms with Crippen LogP contribution in [0.3, 0.4) is 0 Å². The van der Waals surface area contributed by atoms with Crippen LogP contribution in [0, 0.1) is 0 Å². The van der Waals surface area contributed by atoms with Crippen LogP contribution in [0.5, 0.6) is 5.75 Å². The van der Waals surface area contributed by atoms with Crippen molar-refractivity contribution < 1.29 is 14.3 Å². The Morgan fingerprint density at radius 1 is 1.15 bits per heavy atom. The lowest BCUT2D eigenvalue weighted by Gasteiger charge is -2.15. The van der Waals surface area contributed by atoms with E-state index in [1.165, 1.54) is 4.90 Å². The van der Waals surface area contributed by atoms with Gasteiger partial charge in [0.05, 0.1) is 0 Å². The van der Waals surface area contributed by atoms with Crippen molar-refractivity contribution in [1.82, 2.24) is 4.90 Å². The molecule has 0 spiro atoms. The first kappa shape index (κ1) is 20.0. The molecular formula is C20H23BrN2O3. The summed E-state index contributed by atoms with van der Waals surface area (Å²) in [6.45, 7) is 4.04. The first-order valence-electron chi connectivity index (χ1n) is 8.31. The molecule has 1 N–H and O–H groups in total.